The molecule has 14 heavy (non-hydrogen) atoms. The number of benzene rings is 1. The highest BCUT2D eigenvalue weighted by Crippen LogP contribution is 2.15. The Morgan fingerprint density at radius 3 is 2.86 bits per heavy atom. The summed E-state index contributed by atoms with van der Waals surface area (Å²) in [6.45, 7) is 8.47. The zero-order valence-electron chi connectivity index (χ0n) is 8.73. The molecule has 0 heterocycles. The minimum atomic E-state index is -0.209. The van der Waals surface area contributed by atoms with E-state index in [1.165, 1.54) is 6.07 Å². The highest BCUT2D eigenvalue weighted by Gasteiger charge is 2.01. The van der Waals surface area contributed by atoms with Gasteiger partial charge in [-0.15, -0.1) is 0 Å². The summed E-state index contributed by atoms with van der Waals surface area (Å²) in [6, 6.07) is 5.04. The number of halogens is 1. The Labute approximate surface area is 84.6 Å². The molecule has 0 unspecified atom stereocenters. The van der Waals surface area contributed by atoms with E-state index in [9.17, 15) is 4.39 Å². The molecule has 1 rings (SSSR count). The van der Waals surface area contributed by atoms with E-state index in [1.807, 2.05) is 13.8 Å². The van der Waals surface area contributed by atoms with Gasteiger partial charge in [0.1, 0.15) is 5.82 Å². The first-order chi connectivity index (χ1) is 6.63. The summed E-state index contributed by atoms with van der Waals surface area (Å²) in [5.41, 5.74) is 2.68. The monoisotopic (exact) mass is 193 g/mol. The molecule has 1 aromatic carbocycles. The van der Waals surface area contributed by atoms with E-state index in [0.29, 0.717) is 12.2 Å². The molecule has 2 heteroatoms. The third-order valence-electron chi connectivity index (χ3n) is 2.15. The zero-order chi connectivity index (χ0) is 10.6. The van der Waals surface area contributed by atoms with Crippen LogP contribution < -0.4 is 5.32 Å². The van der Waals surface area contributed by atoms with Crippen molar-refractivity contribution in [1.29, 1.82) is 0 Å². The molecule has 1 aromatic rings. The van der Waals surface area contributed by atoms with Crippen LogP contribution >= 0.6 is 0 Å². The molecule has 0 fully saturated rings. The van der Waals surface area contributed by atoms with Crippen molar-refractivity contribution < 1.29 is 4.39 Å². The maximum absolute atomic E-state index is 13.2. The van der Waals surface area contributed by atoms with E-state index in [4.69, 9.17) is 0 Å². The Bertz CT molecular complexity index is 331. The van der Waals surface area contributed by atoms with Crippen molar-refractivity contribution in [3.05, 3.63) is 41.7 Å². The topological polar surface area (TPSA) is 12.0 Å². The molecule has 0 aliphatic rings. The predicted octanol–water partition coefficient (Wildman–Crippen LogP) is 3.51. The number of anilines is 1. The molecule has 0 spiro atoms. The summed E-state index contributed by atoms with van der Waals surface area (Å²) < 4.78 is 13.2. The van der Waals surface area contributed by atoms with Gasteiger partial charge >= 0.3 is 0 Å². The van der Waals surface area contributed by atoms with Crippen molar-refractivity contribution in [2.75, 3.05) is 11.9 Å². The maximum Gasteiger partial charge on any atom is 0.146 e. The predicted molar refractivity (Wildman–Crippen MR) is 59.1 cm³/mol. The molecule has 0 atom stereocenters. The van der Waals surface area contributed by atoms with Crippen LogP contribution in [0.2, 0.25) is 0 Å². The van der Waals surface area contributed by atoms with E-state index < -0.39 is 0 Å². The van der Waals surface area contributed by atoms with Crippen LogP contribution in [0.4, 0.5) is 10.1 Å². The number of nitrogens with one attached hydrogen (secondary N) is 1. The Kier molecular flexibility index (Phi) is 3.69. The third kappa shape index (κ3) is 2.87. The van der Waals surface area contributed by atoms with E-state index in [0.717, 1.165) is 17.6 Å². The zero-order valence-corrected chi connectivity index (χ0v) is 8.73. The second-order valence-electron chi connectivity index (χ2n) is 3.44. The standard InChI is InChI=1S/C12H16FN/c1-4-9(2)8-14-12-7-10(3)5-6-11(12)13/h5-7,14H,2,4,8H2,1,3H3. The van der Waals surface area contributed by atoms with Gasteiger partial charge in [-0.2, -0.15) is 0 Å². The average molecular weight is 193 g/mol. The molecule has 0 aliphatic carbocycles. The quantitative estimate of drug-likeness (QED) is 0.721. The highest BCUT2D eigenvalue weighted by atomic mass is 19.1. The fourth-order valence-electron chi connectivity index (χ4n) is 1.12. The molecule has 1 nitrogen and oxygen atoms in total. The normalized spacial score (nSPS) is 9.93. The molecular formula is C12H16FN. The molecule has 0 aliphatic heterocycles. The van der Waals surface area contributed by atoms with Crippen LogP contribution in [0.5, 0.6) is 0 Å². The third-order valence-corrected chi connectivity index (χ3v) is 2.15. The fourth-order valence-corrected chi connectivity index (χ4v) is 1.12. The summed E-state index contributed by atoms with van der Waals surface area (Å²) in [5.74, 6) is -0.209. The van der Waals surface area contributed by atoms with E-state index in [-0.39, 0.29) is 5.82 Å². The van der Waals surface area contributed by atoms with Gasteiger partial charge in [-0.1, -0.05) is 25.1 Å². The SMILES string of the molecule is C=C(CC)CNc1cc(C)ccc1F. The number of hydrogen-bond donors (Lipinski definition) is 1. The number of hydrogen-bond acceptors (Lipinski definition) is 1. The highest BCUT2D eigenvalue weighted by molar-refractivity contribution is 5.47. The molecular weight excluding hydrogens is 177 g/mol. The van der Waals surface area contributed by atoms with Crippen molar-refractivity contribution in [3.8, 4) is 0 Å². The molecule has 0 saturated heterocycles. The summed E-state index contributed by atoms with van der Waals surface area (Å²) in [7, 11) is 0. The average Bonchev–Trinajstić information content (AvgIpc) is 2.19. The van der Waals surface area contributed by atoms with Gasteiger partial charge in [-0.05, 0) is 31.0 Å². The minimum absolute atomic E-state index is 0.209. The van der Waals surface area contributed by atoms with Gasteiger partial charge < -0.3 is 5.32 Å². The van der Waals surface area contributed by atoms with Gasteiger partial charge in [0, 0.05) is 6.54 Å². The Hall–Kier alpha value is -1.31. The molecule has 0 amide bonds. The van der Waals surface area contributed by atoms with E-state index in [1.54, 1.807) is 12.1 Å². The second kappa shape index (κ2) is 4.80. The summed E-state index contributed by atoms with van der Waals surface area (Å²) in [6.07, 6.45) is 0.917. The molecule has 0 saturated carbocycles. The maximum atomic E-state index is 13.2. The Morgan fingerprint density at radius 1 is 1.50 bits per heavy atom. The van der Waals surface area contributed by atoms with Crippen LogP contribution in [-0.2, 0) is 0 Å². The molecule has 1 N–H and O–H groups in total. The van der Waals surface area contributed by atoms with Crippen LogP contribution in [-0.4, -0.2) is 6.54 Å². The van der Waals surface area contributed by atoms with Crippen molar-refractivity contribution in [1.82, 2.24) is 0 Å². The lowest BCUT2D eigenvalue weighted by Crippen LogP contribution is -2.05. The molecule has 0 bridgehead atoms. The molecule has 76 valence electrons. The van der Waals surface area contributed by atoms with Gasteiger partial charge in [-0.3, -0.25) is 0 Å². The van der Waals surface area contributed by atoms with Crippen molar-refractivity contribution in [2.45, 2.75) is 20.3 Å². The fraction of sp³-hybridized carbons (Fsp3) is 0.333. The van der Waals surface area contributed by atoms with Crippen LogP contribution in [0.3, 0.4) is 0 Å². The van der Waals surface area contributed by atoms with Crippen molar-refractivity contribution in [3.63, 3.8) is 0 Å². The van der Waals surface area contributed by atoms with Crippen LogP contribution in [0, 0.1) is 12.7 Å². The Morgan fingerprint density at radius 2 is 2.21 bits per heavy atom. The van der Waals surface area contributed by atoms with Crippen molar-refractivity contribution >= 4 is 5.69 Å². The smallest absolute Gasteiger partial charge is 0.146 e. The van der Waals surface area contributed by atoms with E-state index in [2.05, 4.69) is 11.9 Å². The number of rotatable bonds is 4. The van der Waals surface area contributed by atoms with Gasteiger partial charge in [0.05, 0.1) is 5.69 Å². The van der Waals surface area contributed by atoms with Crippen LogP contribution in [0.25, 0.3) is 0 Å². The lowest BCUT2D eigenvalue weighted by Gasteiger charge is -2.09. The van der Waals surface area contributed by atoms with Crippen LogP contribution in [0.15, 0.2) is 30.4 Å². The Balaban J connectivity index is 2.66. The van der Waals surface area contributed by atoms with Crippen LogP contribution in [0.1, 0.15) is 18.9 Å². The summed E-state index contributed by atoms with van der Waals surface area (Å²) >= 11 is 0. The molecule has 0 aromatic heterocycles. The summed E-state index contributed by atoms with van der Waals surface area (Å²) in [4.78, 5) is 0. The first-order valence-electron chi connectivity index (χ1n) is 4.80. The lowest BCUT2D eigenvalue weighted by molar-refractivity contribution is 0.630. The van der Waals surface area contributed by atoms with E-state index >= 15 is 0 Å². The second-order valence-corrected chi connectivity index (χ2v) is 3.44. The van der Waals surface area contributed by atoms with Gasteiger partial charge in [0.25, 0.3) is 0 Å². The molecule has 0 radical (unpaired) electrons. The number of aryl methyl sites for hydroxylation is 1. The summed E-state index contributed by atoms with van der Waals surface area (Å²) in [5, 5.41) is 3.03. The first kappa shape index (κ1) is 10.8. The largest absolute Gasteiger partial charge is 0.379 e. The van der Waals surface area contributed by atoms with Gasteiger partial charge in [0.15, 0.2) is 0 Å². The van der Waals surface area contributed by atoms with Gasteiger partial charge in [0.2, 0.25) is 0 Å². The first-order valence-corrected chi connectivity index (χ1v) is 4.80. The van der Waals surface area contributed by atoms with Crippen molar-refractivity contribution in [2.24, 2.45) is 0 Å². The lowest BCUT2D eigenvalue weighted by atomic mass is 10.2. The minimum Gasteiger partial charge on any atom is -0.379 e. The van der Waals surface area contributed by atoms with Gasteiger partial charge in [-0.25, -0.2) is 4.39 Å².